The van der Waals surface area contributed by atoms with Crippen LogP contribution >= 0.6 is 7.60 Å². The van der Waals surface area contributed by atoms with Crippen LogP contribution in [-0.4, -0.2) is 21.6 Å². The van der Waals surface area contributed by atoms with Crippen molar-refractivity contribution in [2.24, 2.45) is 0 Å². The molecule has 2 aromatic carbocycles. The van der Waals surface area contributed by atoms with E-state index in [-0.39, 0.29) is 13.2 Å². The van der Waals surface area contributed by atoms with Gasteiger partial charge in [-0.1, -0.05) is 30.3 Å². The molecule has 0 radical (unpaired) electrons. The van der Waals surface area contributed by atoms with Gasteiger partial charge in [0.25, 0.3) is 0 Å². The standard InChI is InChI=1S/C17H20F2NO5PS/c1-3-24-26(21,25-4-2)17(13-8-6-5-7-9-13)20-27(22,23)16-11-10-14(18)12-15(16)19/h5-12,17,20H,3-4H2,1-2H3. The first-order valence-electron chi connectivity index (χ1n) is 8.14. The monoisotopic (exact) mass is 419 g/mol. The van der Waals surface area contributed by atoms with E-state index in [9.17, 15) is 21.8 Å². The fourth-order valence-electron chi connectivity index (χ4n) is 2.40. The molecule has 0 aromatic heterocycles. The molecule has 2 aromatic rings. The first-order chi connectivity index (χ1) is 12.7. The zero-order valence-electron chi connectivity index (χ0n) is 14.8. The van der Waals surface area contributed by atoms with Crippen molar-refractivity contribution in [3.05, 3.63) is 65.7 Å². The quantitative estimate of drug-likeness (QED) is 0.616. The van der Waals surface area contributed by atoms with Crippen molar-refractivity contribution in [3.8, 4) is 0 Å². The summed E-state index contributed by atoms with van der Waals surface area (Å²) in [5, 5.41) is 0. The van der Waals surface area contributed by atoms with Gasteiger partial charge in [-0.2, -0.15) is 4.72 Å². The summed E-state index contributed by atoms with van der Waals surface area (Å²) in [6, 6.07) is 10.1. The SMILES string of the molecule is CCOP(=O)(OCC)C(NS(=O)(=O)c1ccc(F)cc1F)c1ccccc1. The Balaban J connectivity index is 2.52. The Kier molecular flexibility index (Phi) is 7.25. The van der Waals surface area contributed by atoms with E-state index in [2.05, 4.69) is 4.72 Å². The summed E-state index contributed by atoms with van der Waals surface area (Å²) < 4.78 is 78.5. The van der Waals surface area contributed by atoms with Gasteiger partial charge in [-0.05, 0) is 31.5 Å². The van der Waals surface area contributed by atoms with E-state index in [0.717, 1.165) is 12.1 Å². The van der Waals surface area contributed by atoms with Gasteiger partial charge in [-0.25, -0.2) is 17.2 Å². The summed E-state index contributed by atoms with van der Waals surface area (Å²) in [5.41, 5.74) is 0.314. The van der Waals surface area contributed by atoms with Gasteiger partial charge >= 0.3 is 7.60 Å². The summed E-state index contributed by atoms with van der Waals surface area (Å²) in [4.78, 5) is -0.774. The molecule has 0 aliphatic carbocycles. The van der Waals surface area contributed by atoms with Gasteiger partial charge in [-0.15, -0.1) is 0 Å². The van der Waals surface area contributed by atoms with Gasteiger partial charge in [0.2, 0.25) is 10.0 Å². The molecule has 0 bridgehead atoms. The first kappa shape index (κ1) is 21.7. The lowest BCUT2D eigenvalue weighted by Crippen LogP contribution is -2.30. The summed E-state index contributed by atoms with van der Waals surface area (Å²) in [6.07, 6.45) is 0. The minimum absolute atomic E-state index is 0.00719. The van der Waals surface area contributed by atoms with Crippen LogP contribution in [0.3, 0.4) is 0 Å². The zero-order chi connectivity index (χ0) is 20.1. The number of hydrogen-bond donors (Lipinski definition) is 1. The number of sulfonamides is 1. The molecule has 1 atom stereocenters. The van der Waals surface area contributed by atoms with Crippen LogP contribution in [-0.2, 0) is 23.6 Å². The number of halogens is 2. The second kappa shape index (κ2) is 9.03. The molecule has 1 N–H and O–H groups in total. The molecule has 0 heterocycles. The van der Waals surface area contributed by atoms with E-state index >= 15 is 0 Å². The Morgan fingerprint density at radius 2 is 1.63 bits per heavy atom. The second-order valence-electron chi connectivity index (χ2n) is 5.38. The van der Waals surface area contributed by atoms with Crippen molar-refractivity contribution in [1.82, 2.24) is 4.72 Å². The minimum atomic E-state index is -4.50. The highest BCUT2D eigenvalue weighted by Crippen LogP contribution is 2.60. The van der Waals surface area contributed by atoms with Crippen LogP contribution in [0.4, 0.5) is 8.78 Å². The molecule has 0 amide bonds. The maximum Gasteiger partial charge on any atom is 0.352 e. The lowest BCUT2D eigenvalue weighted by Gasteiger charge is -2.27. The Bertz CT molecular complexity index is 914. The van der Waals surface area contributed by atoms with Crippen molar-refractivity contribution in [2.45, 2.75) is 24.5 Å². The van der Waals surface area contributed by atoms with Crippen molar-refractivity contribution >= 4 is 17.6 Å². The molecule has 0 spiro atoms. The molecule has 6 nitrogen and oxygen atoms in total. The van der Waals surface area contributed by atoms with Gasteiger partial charge in [0.15, 0.2) is 0 Å². The number of hydrogen-bond acceptors (Lipinski definition) is 5. The van der Waals surface area contributed by atoms with Crippen molar-refractivity contribution < 1.29 is 30.8 Å². The van der Waals surface area contributed by atoms with Gasteiger partial charge in [0.05, 0.1) is 13.2 Å². The average molecular weight is 419 g/mol. The summed E-state index contributed by atoms with van der Waals surface area (Å²) in [5.74, 6) is -3.59. The molecule has 2 rings (SSSR count). The predicted octanol–water partition coefficient (Wildman–Crippen LogP) is 4.21. The number of benzene rings is 2. The lowest BCUT2D eigenvalue weighted by molar-refractivity contribution is 0.210. The third-order valence-electron chi connectivity index (χ3n) is 3.50. The summed E-state index contributed by atoms with van der Waals surface area (Å²) in [6.45, 7) is 3.18. The molecule has 0 saturated heterocycles. The van der Waals surface area contributed by atoms with Gasteiger partial charge in [0.1, 0.15) is 22.3 Å². The molecule has 0 aliphatic rings. The van der Waals surface area contributed by atoms with E-state index < -0.39 is 39.9 Å². The van der Waals surface area contributed by atoms with Crippen LogP contribution in [0, 0.1) is 11.6 Å². The normalized spacial score (nSPS) is 13.5. The van der Waals surface area contributed by atoms with Crippen LogP contribution in [0.25, 0.3) is 0 Å². The number of rotatable bonds is 9. The van der Waals surface area contributed by atoms with Crippen molar-refractivity contribution in [3.63, 3.8) is 0 Å². The smallest absolute Gasteiger partial charge is 0.308 e. The molecule has 27 heavy (non-hydrogen) atoms. The third kappa shape index (κ3) is 5.21. The van der Waals surface area contributed by atoms with Crippen molar-refractivity contribution in [1.29, 1.82) is 0 Å². The average Bonchev–Trinajstić information content (AvgIpc) is 2.60. The van der Waals surface area contributed by atoms with E-state index in [0.29, 0.717) is 11.6 Å². The van der Waals surface area contributed by atoms with Crippen LogP contribution in [0.5, 0.6) is 0 Å². The van der Waals surface area contributed by atoms with E-state index in [1.807, 2.05) is 0 Å². The topological polar surface area (TPSA) is 81.7 Å². The zero-order valence-corrected chi connectivity index (χ0v) is 16.5. The first-order valence-corrected chi connectivity index (χ1v) is 11.2. The van der Waals surface area contributed by atoms with Crippen LogP contribution in [0.1, 0.15) is 25.2 Å². The van der Waals surface area contributed by atoms with Crippen LogP contribution in [0.2, 0.25) is 0 Å². The largest absolute Gasteiger partial charge is 0.352 e. The number of nitrogens with one attached hydrogen (secondary N) is 1. The molecule has 1 unspecified atom stereocenters. The Labute approximate surface area is 157 Å². The van der Waals surface area contributed by atoms with Crippen molar-refractivity contribution in [2.75, 3.05) is 13.2 Å². The molecule has 0 fully saturated rings. The molecular weight excluding hydrogens is 399 g/mol. The van der Waals surface area contributed by atoms with Gasteiger partial charge in [0, 0.05) is 6.07 Å². The van der Waals surface area contributed by atoms with Crippen LogP contribution < -0.4 is 4.72 Å². The summed E-state index contributed by atoms with van der Waals surface area (Å²) >= 11 is 0. The van der Waals surface area contributed by atoms with Gasteiger partial charge in [-0.3, -0.25) is 4.57 Å². The maximum absolute atomic E-state index is 14.0. The van der Waals surface area contributed by atoms with E-state index in [1.165, 1.54) is 0 Å². The highest BCUT2D eigenvalue weighted by atomic mass is 32.2. The van der Waals surface area contributed by atoms with E-state index in [1.54, 1.807) is 44.2 Å². The molecule has 10 heteroatoms. The Hall–Kier alpha value is -1.64. The van der Waals surface area contributed by atoms with Gasteiger partial charge < -0.3 is 9.05 Å². The predicted molar refractivity (Wildman–Crippen MR) is 96.7 cm³/mol. The molecule has 0 saturated carbocycles. The highest BCUT2D eigenvalue weighted by molar-refractivity contribution is 7.89. The van der Waals surface area contributed by atoms with Crippen LogP contribution in [0.15, 0.2) is 53.4 Å². The fraction of sp³-hybridized carbons (Fsp3) is 0.294. The third-order valence-corrected chi connectivity index (χ3v) is 7.43. The Morgan fingerprint density at radius 3 is 2.15 bits per heavy atom. The fourth-order valence-corrected chi connectivity index (χ4v) is 6.08. The molecule has 148 valence electrons. The molecule has 0 aliphatic heterocycles. The molecular formula is C17H20F2NO5PS. The van der Waals surface area contributed by atoms with E-state index in [4.69, 9.17) is 9.05 Å². The lowest BCUT2D eigenvalue weighted by atomic mass is 10.2. The maximum atomic E-state index is 14.0. The minimum Gasteiger partial charge on any atom is -0.308 e. The summed E-state index contributed by atoms with van der Waals surface area (Å²) in [7, 11) is -8.48. The Morgan fingerprint density at radius 1 is 1.04 bits per heavy atom. The second-order valence-corrected chi connectivity index (χ2v) is 9.18. The highest BCUT2D eigenvalue weighted by Gasteiger charge is 2.40.